The lowest BCUT2D eigenvalue weighted by Gasteiger charge is -2.28. The second kappa shape index (κ2) is 3.20. The lowest BCUT2D eigenvalue weighted by atomic mass is 10.1. The van der Waals surface area contributed by atoms with Crippen LogP contribution in [0.3, 0.4) is 0 Å². The third-order valence-electron chi connectivity index (χ3n) is 3.07. The minimum absolute atomic E-state index is 0.675. The maximum Gasteiger partial charge on any atom is 0.196 e. The van der Waals surface area contributed by atoms with Gasteiger partial charge in [-0.2, -0.15) is 0 Å². The zero-order valence-corrected chi connectivity index (χ0v) is 8.82. The summed E-state index contributed by atoms with van der Waals surface area (Å²) in [5, 5.41) is 0. The van der Waals surface area contributed by atoms with Gasteiger partial charge in [0, 0.05) is 26.2 Å². The van der Waals surface area contributed by atoms with Crippen molar-refractivity contribution in [3.05, 3.63) is 0 Å². The van der Waals surface area contributed by atoms with Gasteiger partial charge in [-0.05, 0) is 19.3 Å². The monoisotopic (exact) mass is 181 g/mol. The zero-order valence-electron chi connectivity index (χ0n) is 8.82. The van der Waals surface area contributed by atoms with Gasteiger partial charge in [-0.3, -0.25) is 4.99 Å². The number of likely N-dealkylation sites (N-methyl/N-ethyl adjacent to an activating group) is 1. The molecular formula is C10H19N3. The van der Waals surface area contributed by atoms with Gasteiger partial charge in [0.05, 0.1) is 6.54 Å². The molecule has 0 N–H and O–H groups in total. The molecule has 2 unspecified atom stereocenters. The van der Waals surface area contributed by atoms with Gasteiger partial charge in [-0.1, -0.05) is 6.92 Å². The van der Waals surface area contributed by atoms with E-state index in [1.807, 2.05) is 0 Å². The van der Waals surface area contributed by atoms with Crippen LogP contribution in [0.15, 0.2) is 4.99 Å². The highest BCUT2D eigenvalue weighted by atomic mass is 15.4. The van der Waals surface area contributed by atoms with Crippen LogP contribution in [-0.2, 0) is 0 Å². The Morgan fingerprint density at radius 3 is 2.62 bits per heavy atom. The van der Waals surface area contributed by atoms with Crippen molar-refractivity contribution in [1.29, 1.82) is 0 Å². The maximum absolute atomic E-state index is 4.55. The molecule has 0 amide bonds. The molecule has 0 aromatic carbocycles. The van der Waals surface area contributed by atoms with Crippen LogP contribution in [0.4, 0.5) is 0 Å². The average Bonchev–Trinajstić information content (AvgIpc) is 2.58. The van der Waals surface area contributed by atoms with Crippen molar-refractivity contribution >= 4 is 5.96 Å². The SMILES string of the molecule is CC1CC(C)N(C2=NCCN2C)C1. The largest absolute Gasteiger partial charge is 0.344 e. The molecule has 0 bridgehead atoms. The molecule has 0 aromatic heterocycles. The Hall–Kier alpha value is -0.730. The minimum Gasteiger partial charge on any atom is -0.344 e. The first kappa shape index (κ1) is 8.85. The molecule has 2 atom stereocenters. The van der Waals surface area contributed by atoms with Crippen LogP contribution >= 0.6 is 0 Å². The minimum atomic E-state index is 0.675. The van der Waals surface area contributed by atoms with Crippen molar-refractivity contribution in [1.82, 2.24) is 9.80 Å². The van der Waals surface area contributed by atoms with Crippen molar-refractivity contribution < 1.29 is 0 Å². The number of hydrogen-bond donors (Lipinski definition) is 0. The topological polar surface area (TPSA) is 18.8 Å². The van der Waals surface area contributed by atoms with Gasteiger partial charge < -0.3 is 9.80 Å². The van der Waals surface area contributed by atoms with Crippen LogP contribution in [0.2, 0.25) is 0 Å². The Balaban J connectivity index is 2.08. The smallest absolute Gasteiger partial charge is 0.196 e. The van der Waals surface area contributed by atoms with E-state index in [9.17, 15) is 0 Å². The van der Waals surface area contributed by atoms with Crippen LogP contribution in [0, 0.1) is 5.92 Å². The Bertz CT molecular complexity index is 224. The summed E-state index contributed by atoms with van der Waals surface area (Å²) in [4.78, 5) is 9.28. The number of rotatable bonds is 0. The number of hydrogen-bond acceptors (Lipinski definition) is 3. The Morgan fingerprint density at radius 2 is 2.15 bits per heavy atom. The fourth-order valence-corrected chi connectivity index (χ4v) is 2.41. The van der Waals surface area contributed by atoms with E-state index in [0.717, 1.165) is 19.0 Å². The fraction of sp³-hybridized carbons (Fsp3) is 0.900. The second-order valence-corrected chi connectivity index (χ2v) is 4.45. The van der Waals surface area contributed by atoms with E-state index >= 15 is 0 Å². The fourth-order valence-electron chi connectivity index (χ4n) is 2.41. The molecule has 13 heavy (non-hydrogen) atoms. The maximum atomic E-state index is 4.55. The normalized spacial score (nSPS) is 34.2. The van der Waals surface area contributed by atoms with Gasteiger partial charge in [0.25, 0.3) is 0 Å². The van der Waals surface area contributed by atoms with E-state index < -0.39 is 0 Å². The van der Waals surface area contributed by atoms with Crippen LogP contribution in [0.1, 0.15) is 20.3 Å². The van der Waals surface area contributed by atoms with Crippen LogP contribution in [-0.4, -0.2) is 48.5 Å². The molecule has 2 rings (SSSR count). The summed E-state index contributed by atoms with van der Waals surface area (Å²) < 4.78 is 0. The van der Waals surface area contributed by atoms with Crippen molar-refractivity contribution in [3.8, 4) is 0 Å². The Morgan fingerprint density at radius 1 is 1.38 bits per heavy atom. The average molecular weight is 181 g/mol. The molecule has 0 aliphatic carbocycles. The molecular weight excluding hydrogens is 162 g/mol. The van der Waals surface area contributed by atoms with Crippen LogP contribution in [0.25, 0.3) is 0 Å². The molecule has 1 saturated heterocycles. The molecule has 3 heteroatoms. The molecule has 0 radical (unpaired) electrons. The summed E-state index contributed by atoms with van der Waals surface area (Å²) >= 11 is 0. The summed E-state index contributed by atoms with van der Waals surface area (Å²) in [5.74, 6) is 2.04. The van der Waals surface area contributed by atoms with Crippen molar-refractivity contribution in [2.24, 2.45) is 10.9 Å². The van der Waals surface area contributed by atoms with E-state index in [0.29, 0.717) is 6.04 Å². The summed E-state index contributed by atoms with van der Waals surface area (Å²) in [5.41, 5.74) is 0. The number of likely N-dealkylation sites (tertiary alicyclic amines) is 1. The van der Waals surface area contributed by atoms with Gasteiger partial charge in [0.2, 0.25) is 0 Å². The highest BCUT2D eigenvalue weighted by molar-refractivity contribution is 5.81. The predicted octanol–water partition coefficient (Wildman–Crippen LogP) is 1.02. The Kier molecular flexibility index (Phi) is 2.18. The summed E-state index contributed by atoms with van der Waals surface area (Å²) in [6.07, 6.45) is 1.31. The number of guanidine groups is 1. The van der Waals surface area contributed by atoms with Gasteiger partial charge in [0.1, 0.15) is 0 Å². The number of aliphatic imine (C=N–C) groups is 1. The lowest BCUT2D eigenvalue weighted by molar-refractivity contribution is 0.357. The molecule has 74 valence electrons. The highest BCUT2D eigenvalue weighted by Crippen LogP contribution is 2.24. The molecule has 3 nitrogen and oxygen atoms in total. The quantitative estimate of drug-likeness (QED) is 0.555. The van der Waals surface area contributed by atoms with E-state index in [1.54, 1.807) is 0 Å². The van der Waals surface area contributed by atoms with Crippen molar-refractivity contribution in [3.63, 3.8) is 0 Å². The second-order valence-electron chi connectivity index (χ2n) is 4.45. The molecule has 0 saturated carbocycles. The highest BCUT2D eigenvalue weighted by Gasteiger charge is 2.31. The van der Waals surface area contributed by atoms with Gasteiger partial charge in [-0.15, -0.1) is 0 Å². The van der Waals surface area contributed by atoms with Gasteiger partial charge in [0.15, 0.2) is 5.96 Å². The van der Waals surface area contributed by atoms with Gasteiger partial charge >= 0.3 is 0 Å². The van der Waals surface area contributed by atoms with E-state index in [1.165, 1.54) is 18.9 Å². The summed E-state index contributed by atoms with van der Waals surface area (Å²) in [6.45, 7) is 7.88. The molecule has 2 aliphatic heterocycles. The molecule has 2 aliphatic rings. The van der Waals surface area contributed by atoms with E-state index in [2.05, 4.69) is 35.7 Å². The van der Waals surface area contributed by atoms with E-state index in [4.69, 9.17) is 0 Å². The summed E-state index contributed by atoms with van der Waals surface area (Å²) in [7, 11) is 2.14. The van der Waals surface area contributed by atoms with Crippen LogP contribution in [0.5, 0.6) is 0 Å². The standard InChI is InChI=1S/C10H19N3/c1-8-6-9(2)13(7-8)10-11-4-5-12(10)3/h8-9H,4-7H2,1-3H3. The van der Waals surface area contributed by atoms with Crippen LogP contribution < -0.4 is 0 Å². The molecule has 1 fully saturated rings. The lowest BCUT2D eigenvalue weighted by Crippen LogP contribution is -2.41. The molecule has 2 heterocycles. The predicted molar refractivity (Wildman–Crippen MR) is 54.9 cm³/mol. The third-order valence-corrected chi connectivity index (χ3v) is 3.07. The van der Waals surface area contributed by atoms with Crippen molar-refractivity contribution in [2.45, 2.75) is 26.3 Å². The first-order valence-electron chi connectivity index (χ1n) is 5.20. The molecule has 0 aromatic rings. The summed E-state index contributed by atoms with van der Waals surface area (Å²) in [6, 6.07) is 0.675. The first-order valence-corrected chi connectivity index (χ1v) is 5.20. The first-order chi connectivity index (χ1) is 6.18. The third kappa shape index (κ3) is 1.52. The zero-order chi connectivity index (χ0) is 9.42. The molecule has 0 spiro atoms. The van der Waals surface area contributed by atoms with E-state index in [-0.39, 0.29) is 0 Å². The van der Waals surface area contributed by atoms with Crippen molar-refractivity contribution in [2.75, 3.05) is 26.7 Å². The van der Waals surface area contributed by atoms with Gasteiger partial charge in [-0.25, -0.2) is 0 Å². The Labute approximate surface area is 80.4 Å². The number of nitrogens with zero attached hydrogens (tertiary/aromatic N) is 3.